The lowest BCUT2D eigenvalue weighted by Gasteiger charge is -2.32. The van der Waals surface area contributed by atoms with Crippen molar-refractivity contribution >= 4 is 0 Å². The molecule has 0 atom stereocenters. The van der Waals surface area contributed by atoms with Crippen molar-refractivity contribution in [3.05, 3.63) is 0 Å². The molecular weight excluding hydrogens is 324 g/mol. The van der Waals surface area contributed by atoms with Crippen molar-refractivity contribution in [1.29, 1.82) is 0 Å². The molecule has 0 saturated heterocycles. The van der Waals surface area contributed by atoms with E-state index in [0.29, 0.717) is 48.2 Å². The second-order valence-corrected chi connectivity index (χ2v) is 5.92. The molecule has 0 amide bonds. The summed E-state index contributed by atoms with van der Waals surface area (Å²) in [5.74, 6) is 0. The minimum absolute atomic E-state index is 0. The van der Waals surface area contributed by atoms with E-state index in [2.05, 4.69) is 0 Å². The Morgan fingerprint density at radius 2 is 0.542 bits per heavy atom. The van der Waals surface area contributed by atoms with Crippen LogP contribution in [0.15, 0.2) is 0 Å². The zero-order valence-corrected chi connectivity index (χ0v) is 15.0. The van der Waals surface area contributed by atoms with Crippen molar-refractivity contribution in [3.63, 3.8) is 0 Å². The first-order chi connectivity index (χ1) is 10.4. The zero-order valence-electron chi connectivity index (χ0n) is 15.0. The maximum atomic E-state index is 8.68. The van der Waals surface area contributed by atoms with Crippen LogP contribution in [0.1, 0.15) is 0 Å². The largest absolute Gasteiger partial charge is 0.870 e. The summed E-state index contributed by atoms with van der Waals surface area (Å²) in [5.41, 5.74) is 0. The first-order valence-electron chi connectivity index (χ1n) is 7.69. The first kappa shape index (κ1) is 31.4. The molecule has 0 aliphatic rings. The molecule has 0 unspecified atom stereocenters. The van der Waals surface area contributed by atoms with Crippen LogP contribution >= 0.6 is 0 Å². The fourth-order valence-electron chi connectivity index (χ4n) is 2.12. The van der Waals surface area contributed by atoms with Crippen molar-refractivity contribution in [2.24, 2.45) is 0 Å². The lowest BCUT2D eigenvalue weighted by molar-refractivity contribution is -0.910. The van der Waals surface area contributed by atoms with Gasteiger partial charge < -0.3 is 50.6 Å². The molecule has 0 heterocycles. The second kappa shape index (κ2) is 18.9. The Kier molecular flexibility index (Phi) is 24.8. The third kappa shape index (κ3) is 16.5. The quantitative estimate of drug-likeness (QED) is 0.193. The highest BCUT2D eigenvalue weighted by molar-refractivity contribution is 4.38. The van der Waals surface area contributed by atoms with Gasteiger partial charge in [-0.2, -0.15) is 0 Å². The Morgan fingerprint density at radius 3 is 0.625 bits per heavy atom. The molecule has 24 heavy (non-hydrogen) atoms. The van der Waals surface area contributed by atoms with Gasteiger partial charge in [-0.05, 0) is 0 Å². The van der Waals surface area contributed by atoms with Gasteiger partial charge in [-0.25, -0.2) is 0 Å². The summed E-state index contributed by atoms with van der Waals surface area (Å²) in [6.45, 7) is 4.07. The average Bonchev–Trinajstić information content (AvgIpc) is 2.40. The fraction of sp³-hybridized carbons (Fsp3) is 1.00. The van der Waals surface area contributed by atoms with Gasteiger partial charge >= 0.3 is 0 Å². The molecule has 0 aromatic carbocycles. The van der Waals surface area contributed by atoms with Gasteiger partial charge in [0.2, 0.25) is 0 Å². The van der Waals surface area contributed by atoms with Gasteiger partial charge in [0, 0.05) is 0 Å². The zero-order chi connectivity index (χ0) is 17.5. The van der Waals surface area contributed by atoms with Gasteiger partial charge in [0.25, 0.3) is 0 Å². The Morgan fingerprint density at radius 1 is 0.417 bits per heavy atom. The number of nitrogens with zero attached hydrogens (tertiary/aromatic N) is 2. The second-order valence-electron chi connectivity index (χ2n) is 5.92. The molecule has 0 aliphatic heterocycles. The van der Waals surface area contributed by atoms with Crippen LogP contribution in [0.2, 0.25) is 0 Å². The summed E-state index contributed by atoms with van der Waals surface area (Å²) in [6.07, 6.45) is 0. The molecule has 0 aromatic rings. The number of aliphatic hydroxyl groups is 6. The maximum absolute atomic E-state index is 8.68. The Bertz CT molecular complexity index is 189. The highest BCUT2D eigenvalue weighted by atomic mass is 16.3. The SMILES string of the molecule is C[N+](CCO)(CCO)CCO.C[N+](CCO)(CCO)CCO.[OH-].[OH-]. The number of hydrogen-bond acceptors (Lipinski definition) is 8. The molecule has 10 nitrogen and oxygen atoms in total. The van der Waals surface area contributed by atoms with Crippen molar-refractivity contribution < 1.29 is 50.6 Å². The molecular formula is C14H38N2O8. The maximum Gasteiger partial charge on any atom is 0.102 e. The van der Waals surface area contributed by atoms with Gasteiger partial charge in [0.1, 0.15) is 39.3 Å². The van der Waals surface area contributed by atoms with E-state index in [1.807, 2.05) is 14.1 Å². The molecule has 0 radical (unpaired) electrons. The molecule has 8 N–H and O–H groups in total. The molecule has 0 aromatic heterocycles. The van der Waals surface area contributed by atoms with E-state index >= 15 is 0 Å². The summed E-state index contributed by atoms with van der Waals surface area (Å²) in [5, 5.41) is 52.1. The van der Waals surface area contributed by atoms with E-state index in [1.165, 1.54) is 0 Å². The van der Waals surface area contributed by atoms with E-state index in [-0.39, 0.29) is 50.6 Å². The summed E-state index contributed by atoms with van der Waals surface area (Å²) in [7, 11) is 3.81. The number of quaternary nitrogens is 2. The lowest BCUT2D eigenvalue weighted by atomic mass is 10.4. The molecule has 0 aliphatic carbocycles. The molecule has 0 saturated carbocycles. The van der Waals surface area contributed by atoms with Crippen LogP contribution in [0.4, 0.5) is 0 Å². The van der Waals surface area contributed by atoms with Crippen LogP contribution in [0, 0.1) is 0 Å². The number of likely N-dealkylation sites (N-methyl/N-ethyl adjacent to an activating group) is 2. The molecule has 0 fully saturated rings. The molecule has 10 heteroatoms. The topological polar surface area (TPSA) is 181 Å². The van der Waals surface area contributed by atoms with Crippen LogP contribution in [-0.4, -0.2) is 144 Å². The standard InChI is InChI=1S/2C7H18NO3.2H2O/c2*1-8(2-5-9,3-6-10)4-7-11;;/h2*9-11H,2-7H2,1H3;2*1H2/q2*+1;;/p-2. The third-order valence-electron chi connectivity index (χ3n) is 3.84. The van der Waals surface area contributed by atoms with Crippen molar-refractivity contribution in [2.45, 2.75) is 0 Å². The minimum Gasteiger partial charge on any atom is -0.870 e. The van der Waals surface area contributed by atoms with Crippen molar-refractivity contribution in [3.8, 4) is 0 Å². The summed E-state index contributed by atoms with van der Waals surface area (Å²) in [6, 6.07) is 0. The van der Waals surface area contributed by atoms with E-state index in [9.17, 15) is 0 Å². The molecule has 0 rings (SSSR count). The summed E-state index contributed by atoms with van der Waals surface area (Å²) < 4.78 is 1.06. The first-order valence-corrected chi connectivity index (χ1v) is 7.69. The number of hydrogen-bond donors (Lipinski definition) is 6. The van der Waals surface area contributed by atoms with E-state index in [0.717, 1.165) is 0 Å². The van der Waals surface area contributed by atoms with Gasteiger partial charge in [-0.3, -0.25) is 0 Å². The normalized spacial score (nSPS) is 11.0. The highest BCUT2D eigenvalue weighted by Gasteiger charge is 2.19. The van der Waals surface area contributed by atoms with Crippen molar-refractivity contribution in [2.75, 3.05) is 93.0 Å². The summed E-state index contributed by atoms with van der Waals surface area (Å²) >= 11 is 0. The van der Waals surface area contributed by atoms with Crippen LogP contribution < -0.4 is 0 Å². The fourth-order valence-corrected chi connectivity index (χ4v) is 2.12. The van der Waals surface area contributed by atoms with Gasteiger partial charge in [-0.15, -0.1) is 0 Å². The average molecular weight is 362 g/mol. The van der Waals surface area contributed by atoms with Crippen molar-refractivity contribution in [1.82, 2.24) is 0 Å². The Hall–Kier alpha value is -0.400. The Labute approximate surface area is 144 Å². The van der Waals surface area contributed by atoms with Gasteiger partial charge in [0.05, 0.1) is 53.7 Å². The smallest absolute Gasteiger partial charge is 0.102 e. The van der Waals surface area contributed by atoms with Crippen LogP contribution in [0.5, 0.6) is 0 Å². The lowest BCUT2D eigenvalue weighted by Crippen LogP contribution is -2.49. The molecule has 0 bridgehead atoms. The van der Waals surface area contributed by atoms with Gasteiger partial charge in [-0.1, -0.05) is 0 Å². The predicted octanol–water partition coefficient (Wildman–Crippen LogP) is -3.53. The van der Waals surface area contributed by atoms with Crippen LogP contribution in [0.25, 0.3) is 0 Å². The predicted molar refractivity (Wildman–Crippen MR) is 88.0 cm³/mol. The monoisotopic (exact) mass is 362 g/mol. The number of aliphatic hydroxyl groups excluding tert-OH is 6. The van der Waals surface area contributed by atoms with Crippen LogP contribution in [-0.2, 0) is 0 Å². The van der Waals surface area contributed by atoms with Crippen LogP contribution in [0.3, 0.4) is 0 Å². The summed E-state index contributed by atoms with van der Waals surface area (Å²) in [4.78, 5) is 0. The third-order valence-corrected chi connectivity index (χ3v) is 3.84. The van der Waals surface area contributed by atoms with E-state index in [1.54, 1.807) is 0 Å². The minimum atomic E-state index is 0. The molecule has 0 spiro atoms. The molecule has 152 valence electrons. The Balaban J connectivity index is -0.000000154. The van der Waals surface area contributed by atoms with E-state index < -0.39 is 0 Å². The van der Waals surface area contributed by atoms with Gasteiger partial charge in [0.15, 0.2) is 0 Å². The van der Waals surface area contributed by atoms with E-state index in [4.69, 9.17) is 30.6 Å². The highest BCUT2D eigenvalue weighted by Crippen LogP contribution is 1.99. The number of rotatable bonds is 12.